The molecule has 1 aromatic carbocycles. The van der Waals surface area contributed by atoms with E-state index in [9.17, 15) is 4.79 Å². The predicted molar refractivity (Wildman–Crippen MR) is 81.6 cm³/mol. The monoisotopic (exact) mass is 301 g/mol. The first-order valence-electron chi connectivity index (χ1n) is 7.27. The fourth-order valence-corrected chi connectivity index (χ4v) is 2.48. The van der Waals surface area contributed by atoms with Crippen LogP contribution in [0.15, 0.2) is 30.5 Å². The van der Waals surface area contributed by atoms with Crippen LogP contribution < -0.4 is 4.74 Å². The molecule has 3 rings (SSSR count). The summed E-state index contributed by atoms with van der Waals surface area (Å²) in [6.07, 6.45) is 1.78. The second-order valence-electron chi connectivity index (χ2n) is 5.23. The fourth-order valence-electron chi connectivity index (χ4n) is 2.48. The zero-order valence-corrected chi connectivity index (χ0v) is 12.8. The molecule has 1 fully saturated rings. The summed E-state index contributed by atoms with van der Waals surface area (Å²) in [6.45, 7) is 4.39. The molecule has 0 spiro atoms. The van der Waals surface area contributed by atoms with E-state index >= 15 is 0 Å². The number of methoxy groups -OCH3 is 1. The third-order valence-corrected chi connectivity index (χ3v) is 3.69. The minimum atomic E-state index is -0.0614. The molecule has 0 aliphatic carbocycles. The maximum absolute atomic E-state index is 12.4. The van der Waals surface area contributed by atoms with Gasteiger partial charge < -0.3 is 14.4 Å². The Morgan fingerprint density at radius 2 is 2.05 bits per heavy atom. The van der Waals surface area contributed by atoms with Crippen LogP contribution in [0.5, 0.6) is 5.75 Å². The van der Waals surface area contributed by atoms with Gasteiger partial charge in [0, 0.05) is 19.3 Å². The van der Waals surface area contributed by atoms with E-state index in [-0.39, 0.29) is 5.91 Å². The van der Waals surface area contributed by atoms with Crippen LogP contribution in [0, 0.1) is 6.92 Å². The second kappa shape index (κ2) is 6.19. The highest BCUT2D eigenvalue weighted by Gasteiger charge is 2.21. The fraction of sp³-hybridized carbons (Fsp3) is 0.375. The molecule has 1 saturated heterocycles. The van der Waals surface area contributed by atoms with E-state index in [0.717, 1.165) is 17.0 Å². The molecule has 2 heterocycles. The molecule has 1 aromatic heterocycles. The molecule has 6 heteroatoms. The summed E-state index contributed by atoms with van der Waals surface area (Å²) >= 11 is 0. The van der Waals surface area contributed by atoms with Crippen molar-refractivity contribution in [1.29, 1.82) is 0 Å². The molecule has 0 saturated carbocycles. The largest absolute Gasteiger partial charge is 0.494 e. The normalized spacial score (nSPS) is 14.9. The third kappa shape index (κ3) is 2.82. The Morgan fingerprint density at radius 1 is 1.27 bits per heavy atom. The van der Waals surface area contributed by atoms with Gasteiger partial charge in [-0.2, -0.15) is 5.10 Å². The quantitative estimate of drug-likeness (QED) is 0.865. The lowest BCUT2D eigenvalue weighted by atomic mass is 10.2. The average molecular weight is 301 g/mol. The molecule has 22 heavy (non-hydrogen) atoms. The van der Waals surface area contributed by atoms with Gasteiger partial charge >= 0.3 is 0 Å². The van der Waals surface area contributed by atoms with Crippen molar-refractivity contribution < 1.29 is 14.3 Å². The lowest BCUT2D eigenvalue weighted by Gasteiger charge is -2.25. The molecule has 1 aliphatic rings. The van der Waals surface area contributed by atoms with E-state index in [4.69, 9.17) is 9.47 Å². The number of benzene rings is 1. The molecule has 0 atom stereocenters. The number of carbonyl (C=O) groups excluding carboxylic acids is 1. The van der Waals surface area contributed by atoms with Crippen molar-refractivity contribution >= 4 is 5.91 Å². The van der Waals surface area contributed by atoms with Crippen LogP contribution in [0.1, 0.15) is 16.1 Å². The summed E-state index contributed by atoms with van der Waals surface area (Å²) in [5, 5.41) is 4.41. The van der Waals surface area contributed by atoms with Crippen molar-refractivity contribution in [1.82, 2.24) is 14.7 Å². The van der Waals surface area contributed by atoms with Crippen LogP contribution in [-0.2, 0) is 4.74 Å². The van der Waals surface area contributed by atoms with Gasteiger partial charge in [0.2, 0.25) is 0 Å². The summed E-state index contributed by atoms with van der Waals surface area (Å²) in [5.74, 6) is 0.660. The van der Waals surface area contributed by atoms with Crippen LogP contribution in [-0.4, -0.2) is 54.0 Å². The Labute approximate surface area is 129 Å². The molecule has 0 bridgehead atoms. The Balaban J connectivity index is 1.87. The smallest absolute Gasteiger partial charge is 0.274 e. The number of nitrogens with zero attached hydrogens (tertiary/aromatic N) is 3. The van der Waals surface area contributed by atoms with E-state index in [2.05, 4.69) is 5.10 Å². The summed E-state index contributed by atoms with van der Waals surface area (Å²) < 4.78 is 12.3. The van der Waals surface area contributed by atoms with Gasteiger partial charge in [0.25, 0.3) is 5.91 Å². The lowest BCUT2D eigenvalue weighted by molar-refractivity contribution is 0.0298. The van der Waals surface area contributed by atoms with Crippen LogP contribution in [0.25, 0.3) is 5.69 Å². The number of hydrogen-bond donors (Lipinski definition) is 0. The number of carbonyl (C=O) groups is 1. The topological polar surface area (TPSA) is 56.6 Å². The SMILES string of the molecule is COc1ccc(C)cc1-n1ccc(C(=O)N2CCOCC2)n1. The van der Waals surface area contributed by atoms with Gasteiger partial charge in [0.05, 0.1) is 20.3 Å². The highest BCUT2D eigenvalue weighted by molar-refractivity contribution is 5.92. The number of ether oxygens (including phenoxy) is 2. The van der Waals surface area contributed by atoms with Gasteiger partial charge in [-0.1, -0.05) is 6.07 Å². The first kappa shape index (κ1) is 14.6. The zero-order chi connectivity index (χ0) is 15.5. The first-order chi connectivity index (χ1) is 10.7. The van der Waals surface area contributed by atoms with E-state index in [1.165, 1.54) is 0 Å². The highest BCUT2D eigenvalue weighted by Crippen LogP contribution is 2.23. The minimum absolute atomic E-state index is 0.0614. The second-order valence-corrected chi connectivity index (χ2v) is 5.23. The maximum atomic E-state index is 12.4. The Morgan fingerprint density at radius 3 is 2.77 bits per heavy atom. The number of rotatable bonds is 3. The molecule has 0 unspecified atom stereocenters. The van der Waals surface area contributed by atoms with Gasteiger partial charge in [-0.15, -0.1) is 0 Å². The van der Waals surface area contributed by atoms with E-state index < -0.39 is 0 Å². The van der Waals surface area contributed by atoms with Crippen LogP contribution in [0.2, 0.25) is 0 Å². The van der Waals surface area contributed by atoms with E-state index in [1.54, 1.807) is 29.0 Å². The Kier molecular flexibility index (Phi) is 4.11. The lowest BCUT2D eigenvalue weighted by Crippen LogP contribution is -2.40. The van der Waals surface area contributed by atoms with Crippen molar-refractivity contribution in [2.45, 2.75) is 6.92 Å². The molecule has 1 aliphatic heterocycles. The molecule has 0 N–H and O–H groups in total. The van der Waals surface area contributed by atoms with Crippen molar-refractivity contribution in [2.24, 2.45) is 0 Å². The van der Waals surface area contributed by atoms with Gasteiger partial charge in [-0.3, -0.25) is 4.79 Å². The van der Waals surface area contributed by atoms with Crippen molar-refractivity contribution in [3.05, 3.63) is 41.7 Å². The number of morpholine rings is 1. The summed E-state index contributed by atoms with van der Waals surface area (Å²) in [4.78, 5) is 14.2. The number of aromatic nitrogens is 2. The van der Waals surface area contributed by atoms with Crippen LogP contribution >= 0.6 is 0 Å². The van der Waals surface area contributed by atoms with Crippen LogP contribution in [0.3, 0.4) is 0 Å². The molecule has 6 nitrogen and oxygen atoms in total. The minimum Gasteiger partial charge on any atom is -0.494 e. The zero-order valence-electron chi connectivity index (χ0n) is 12.8. The maximum Gasteiger partial charge on any atom is 0.274 e. The number of aryl methyl sites for hydroxylation is 1. The Bertz CT molecular complexity index is 675. The van der Waals surface area contributed by atoms with Gasteiger partial charge in [-0.25, -0.2) is 4.68 Å². The Hall–Kier alpha value is -2.34. The first-order valence-corrected chi connectivity index (χ1v) is 7.27. The summed E-state index contributed by atoms with van der Waals surface area (Å²) in [7, 11) is 1.62. The molecule has 2 aromatic rings. The predicted octanol–water partition coefficient (Wildman–Crippen LogP) is 1.66. The van der Waals surface area contributed by atoms with Crippen molar-refractivity contribution in [3.8, 4) is 11.4 Å². The summed E-state index contributed by atoms with van der Waals surface area (Å²) in [6, 6.07) is 7.59. The molecular weight excluding hydrogens is 282 g/mol. The average Bonchev–Trinajstić information content (AvgIpc) is 3.04. The highest BCUT2D eigenvalue weighted by atomic mass is 16.5. The number of amides is 1. The standard InChI is InChI=1S/C16H19N3O3/c1-12-3-4-15(21-2)14(11-12)19-6-5-13(17-19)16(20)18-7-9-22-10-8-18/h3-6,11H,7-10H2,1-2H3. The third-order valence-electron chi connectivity index (χ3n) is 3.69. The van der Waals surface area contributed by atoms with Crippen LogP contribution in [0.4, 0.5) is 0 Å². The molecular formula is C16H19N3O3. The molecule has 0 radical (unpaired) electrons. The van der Waals surface area contributed by atoms with Gasteiger partial charge in [0.15, 0.2) is 5.69 Å². The summed E-state index contributed by atoms with van der Waals surface area (Å²) in [5.41, 5.74) is 2.36. The van der Waals surface area contributed by atoms with Crippen molar-refractivity contribution in [2.75, 3.05) is 33.4 Å². The van der Waals surface area contributed by atoms with Gasteiger partial charge in [0.1, 0.15) is 11.4 Å². The van der Waals surface area contributed by atoms with E-state index in [0.29, 0.717) is 32.0 Å². The molecule has 1 amide bonds. The molecule has 116 valence electrons. The van der Waals surface area contributed by atoms with Crippen molar-refractivity contribution in [3.63, 3.8) is 0 Å². The van der Waals surface area contributed by atoms with Gasteiger partial charge in [-0.05, 0) is 30.7 Å². The number of hydrogen-bond acceptors (Lipinski definition) is 4. The van der Waals surface area contributed by atoms with E-state index in [1.807, 2.05) is 25.1 Å².